The van der Waals surface area contributed by atoms with Crippen molar-refractivity contribution in [3.05, 3.63) is 32.9 Å². The molecule has 0 N–H and O–H groups in total. The molecule has 11 heavy (non-hydrogen) atoms. The van der Waals surface area contributed by atoms with Gasteiger partial charge >= 0.3 is 72.4 Å². The maximum atomic E-state index is 2.32. The van der Waals surface area contributed by atoms with Crippen LogP contribution in [-0.4, -0.2) is 4.23 Å². The number of benzene rings is 1. The van der Waals surface area contributed by atoms with Gasteiger partial charge in [0.1, 0.15) is 0 Å². The average Bonchev–Trinajstić information content (AvgIpc) is 2.27. The van der Waals surface area contributed by atoms with E-state index in [-0.39, 0.29) is 0 Å². The van der Waals surface area contributed by atoms with Crippen LogP contribution in [0.5, 0.6) is 0 Å². The summed E-state index contributed by atoms with van der Waals surface area (Å²) in [5.41, 5.74) is 1.37. The Morgan fingerprint density at radius 3 is 2.82 bits per heavy atom. The Kier molecular flexibility index (Phi) is 1.67. The molecule has 1 aliphatic heterocycles. The minimum absolute atomic E-state index is 0.347. The van der Waals surface area contributed by atoms with Crippen molar-refractivity contribution in [2.45, 2.75) is 13.8 Å². The van der Waals surface area contributed by atoms with E-state index in [1.165, 1.54) is 10.8 Å². The van der Waals surface area contributed by atoms with Gasteiger partial charge in [-0.1, -0.05) is 0 Å². The predicted octanol–water partition coefficient (Wildman–Crippen LogP) is 1.31. The first-order chi connectivity index (χ1) is 5.25. The normalized spacial score (nSPS) is 13.1. The Labute approximate surface area is 72.7 Å². The summed E-state index contributed by atoms with van der Waals surface area (Å²) in [6, 6.07) is 6.76. The monoisotopic (exact) mass is 181 g/mol. The summed E-state index contributed by atoms with van der Waals surface area (Å²) in [6.45, 7) is 4.38. The SMILES string of the molecule is C[C]1=[V]=[c]2ccc(C)cc2=C1. The number of hydrogen-bond donors (Lipinski definition) is 0. The molecule has 1 heterocycles. The zero-order valence-electron chi connectivity index (χ0n) is 6.76. The van der Waals surface area contributed by atoms with Gasteiger partial charge in [0, 0.05) is 0 Å². The molecule has 0 unspecified atom stereocenters. The molecule has 55 valence electrons. The van der Waals surface area contributed by atoms with E-state index in [4.69, 9.17) is 0 Å². The summed E-state index contributed by atoms with van der Waals surface area (Å²) in [4.78, 5) is 0. The van der Waals surface area contributed by atoms with Crippen LogP contribution in [0.1, 0.15) is 12.5 Å². The van der Waals surface area contributed by atoms with Crippen LogP contribution < -0.4 is 5.22 Å². The molecule has 0 fully saturated rings. The summed E-state index contributed by atoms with van der Waals surface area (Å²) in [7, 11) is 0. The molecule has 0 radical (unpaired) electrons. The van der Waals surface area contributed by atoms with Crippen LogP contribution in [0, 0.1) is 10.8 Å². The molecule has 1 aliphatic rings. The van der Waals surface area contributed by atoms with Crippen molar-refractivity contribution in [1.82, 2.24) is 0 Å². The average molecular weight is 181 g/mol. The van der Waals surface area contributed by atoms with Crippen molar-refractivity contribution in [1.29, 1.82) is 0 Å². The van der Waals surface area contributed by atoms with Crippen LogP contribution >= 0.6 is 0 Å². The molecule has 0 amide bonds. The third-order valence-electron chi connectivity index (χ3n) is 1.84. The van der Waals surface area contributed by atoms with Gasteiger partial charge in [-0.25, -0.2) is 0 Å². The molecule has 0 aromatic heterocycles. The third kappa shape index (κ3) is 1.29. The molecule has 2 rings (SSSR count). The molecule has 0 saturated carbocycles. The van der Waals surface area contributed by atoms with Crippen LogP contribution in [0.15, 0.2) is 18.2 Å². The summed E-state index contributed by atoms with van der Waals surface area (Å²) in [6.07, 6.45) is 2.32. The van der Waals surface area contributed by atoms with Crippen LogP contribution in [-0.2, 0) is 15.4 Å². The number of rotatable bonds is 0. The van der Waals surface area contributed by atoms with Gasteiger partial charge in [-0.05, 0) is 0 Å². The molecule has 0 atom stereocenters. The third-order valence-corrected chi connectivity index (χ3v) is 3.61. The Bertz CT molecular complexity index is 448. The van der Waals surface area contributed by atoms with Crippen molar-refractivity contribution in [3.8, 4) is 0 Å². The molecule has 0 saturated heterocycles. The van der Waals surface area contributed by atoms with Gasteiger partial charge in [-0.2, -0.15) is 0 Å². The fraction of sp³-hybridized carbons (Fsp3) is 0.200. The van der Waals surface area contributed by atoms with Crippen molar-refractivity contribution in [3.63, 3.8) is 0 Å². The first-order valence-electron chi connectivity index (χ1n) is 3.76. The van der Waals surface area contributed by atoms with E-state index in [2.05, 4.69) is 38.1 Å². The second-order valence-corrected chi connectivity index (χ2v) is 5.16. The standard InChI is InChI=1S/C10H10.V/c1-3-5-10-7-4-6-9(2)8-10;/h4-6,8H,1-2H3;. The van der Waals surface area contributed by atoms with Crippen LogP contribution in [0.4, 0.5) is 0 Å². The summed E-state index contributed by atoms with van der Waals surface area (Å²) in [5, 5.41) is 1.46. The Balaban J connectivity index is 2.90. The first kappa shape index (κ1) is 7.21. The van der Waals surface area contributed by atoms with Gasteiger partial charge in [-0.15, -0.1) is 0 Å². The Morgan fingerprint density at radius 1 is 1.18 bits per heavy atom. The van der Waals surface area contributed by atoms with E-state index in [1.807, 2.05) is 0 Å². The van der Waals surface area contributed by atoms with Crippen molar-refractivity contribution < 1.29 is 15.4 Å². The predicted molar refractivity (Wildman–Crippen MR) is 44.8 cm³/mol. The van der Waals surface area contributed by atoms with Gasteiger partial charge in [0.15, 0.2) is 0 Å². The van der Waals surface area contributed by atoms with E-state index in [0.717, 1.165) is 0 Å². The molecule has 1 aromatic rings. The second kappa shape index (κ2) is 2.55. The molecule has 1 heteroatoms. The van der Waals surface area contributed by atoms with E-state index in [1.54, 1.807) is 8.10 Å². The van der Waals surface area contributed by atoms with Gasteiger partial charge in [0.05, 0.1) is 0 Å². The van der Waals surface area contributed by atoms with Gasteiger partial charge in [-0.3, -0.25) is 0 Å². The van der Waals surface area contributed by atoms with Gasteiger partial charge in [0.25, 0.3) is 0 Å². The van der Waals surface area contributed by atoms with Crippen LogP contribution in [0.2, 0.25) is 0 Å². The molecule has 0 aliphatic carbocycles. The van der Waals surface area contributed by atoms with E-state index >= 15 is 0 Å². The van der Waals surface area contributed by atoms with Gasteiger partial charge < -0.3 is 0 Å². The van der Waals surface area contributed by atoms with Crippen molar-refractivity contribution in [2.75, 3.05) is 0 Å². The van der Waals surface area contributed by atoms with E-state index < -0.39 is 0 Å². The fourth-order valence-electron chi connectivity index (χ4n) is 1.34. The zero-order chi connectivity index (χ0) is 7.84. The van der Waals surface area contributed by atoms with Crippen molar-refractivity contribution >= 4 is 10.3 Å². The molecule has 0 spiro atoms. The summed E-state index contributed by atoms with van der Waals surface area (Å²) >= 11 is 0.347. The van der Waals surface area contributed by atoms with E-state index in [0.29, 0.717) is 15.4 Å². The number of fused-ring (bicyclic) bond motifs is 1. The molecule has 0 bridgehead atoms. The Hall–Kier alpha value is -0.456. The number of aryl methyl sites for hydroxylation is 1. The molecule has 0 nitrogen and oxygen atoms in total. The minimum atomic E-state index is 0.347. The maximum absolute atomic E-state index is 2.32. The molecular weight excluding hydrogens is 171 g/mol. The topological polar surface area (TPSA) is 0 Å². The molecule has 1 aromatic carbocycles. The van der Waals surface area contributed by atoms with Crippen LogP contribution in [0.25, 0.3) is 6.08 Å². The Morgan fingerprint density at radius 2 is 2.00 bits per heavy atom. The van der Waals surface area contributed by atoms with Crippen LogP contribution in [0.3, 0.4) is 0 Å². The van der Waals surface area contributed by atoms with Crippen molar-refractivity contribution in [2.24, 2.45) is 0 Å². The quantitative estimate of drug-likeness (QED) is 0.566. The molecular formula is C10H10V. The fourth-order valence-corrected chi connectivity index (χ4v) is 2.89. The first-order valence-corrected chi connectivity index (χ1v) is 5.16. The zero-order valence-corrected chi connectivity index (χ0v) is 8.15. The summed E-state index contributed by atoms with van der Waals surface area (Å²) < 4.78 is 3.14. The van der Waals surface area contributed by atoms with E-state index in [9.17, 15) is 0 Å². The summed E-state index contributed by atoms with van der Waals surface area (Å²) in [5.74, 6) is 0. The number of hydrogen-bond acceptors (Lipinski definition) is 0. The second-order valence-electron chi connectivity index (χ2n) is 2.96. The van der Waals surface area contributed by atoms with Gasteiger partial charge in [0.2, 0.25) is 0 Å².